The number of carbonyl (C=O) groups is 2. The van der Waals surface area contributed by atoms with E-state index >= 15 is 0 Å². The molecule has 0 fully saturated rings. The van der Waals surface area contributed by atoms with Gasteiger partial charge in [0.1, 0.15) is 19.3 Å². The number of phosphoric acid groups is 1. The van der Waals surface area contributed by atoms with E-state index in [1.807, 2.05) is 33.3 Å². The van der Waals surface area contributed by atoms with Gasteiger partial charge in [-0.15, -0.1) is 0 Å². The van der Waals surface area contributed by atoms with Crippen molar-refractivity contribution in [1.82, 2.24) is 5.32 Å². The second-order valence-corrected chi connectivity index (χ2v) is 25.1. The van der Waals surface area contributed by atoms with E-state index in [0.29, 0.717) is 17.4 Å². The van der Waals surface area contributed by atoms with Crippen molar-refractivity contribution in [3.05, 3.63) is 48.6 Å². The molecule has 452 valence electrons. The molecule has 0 aliphatic carbocycles. The molecule has 0 saturated carbocycles. The highest BCUT2D eigenvalue weighted by atomic mass is 31.2. The topological polar surface area (TPSA) is 114 Å². The number of esters is 1. The molecule has 0 rings (SSSR count). The number of nitrogens with zero attached hydrogens (tertiary/aromatic N) is 1. The van der Waals surface area contributed by atoms with Gasteiger partial charge in [-0.05, 0) is 51.0 Å². The number of amides is 1. The fourth-order valence-electron chi connectivity index (χ4n) is 9.76. The minimum Gasteiger partial charge on any atom is -0.756 e. The summed E-state index contributed by atoms with van der Waals surface area (Å²) in [4.78, 5) is 40.0. The molecule has 0 aliphatic rings. The molecule has 0 aromatic carbocycles. The van der Waals surface area contributed by atoms with Crippen LogP contribution in [-0.2, 0) is 27.9 Å². The van der Waals surface area contributed by atoms with E-state index in [9.17, 15) is 19.0 Å². The van der Waals surface area contributed by atoms with Gasteiger partial charge in [0, 0.05) is 12.8 Å². The van der Waals surface area contributed by atoms with Gasteiger partial charge in [-0.1, -0.05) is 301 Å². The molecule has 0 aromatic rings. The number of quaternary nitrogens is 1. The van der Waals surface area contributed by atoms with Gasteiger partial charge in [0.15, 0.2) is 0 Å². The Morgan fingerprint density at radius 1 is 0.468 bits per heavy atom. The van der Waals surface area contributed by atoms with Gasteiger partial charge in [-0.2, -0.15) is 0 Å². The molecule has 77 heavy (non-hydrogen) atoms. The van der Waals surface area contributed by atoms with Crippen molar-refractivity contribution in [2.45, 2.75) is 328 Å². The van der Waals surface area contributed by atoms with Crippen molar-refractivity contribution in [2.24, 2.45) is 0 Å². The first kappa shape index (κ1) is 75.0. The highest BCUT2D eigenvalue weighted by Gasteiger charge is 2.27. The first-order chi connectivity index (χ1) is 37.4. The molecule has 10 heteroatoms. The Hall–Kier alpha value is -2.03. The van der Waals surface area contributed by atoms with Gasteiger partial charge < -0.3 is 28.5 Å². The third-order valence-electron chi connectivity index (χ3n) is 14.8. The maximum Gasteiger partial charge on any atom is 0.306 e. The van der Waals surface area contributed by atoms with E-state index in [2.05, 4.69) is 62.5 Å². The number of allylic oxidation sites excluding steroid dienone is 7. The number of hydrogen-bond donors (Lipinski definition) is 1. The lowest BCUT2D eigenvalue weighted by atomic mass is 10.0. The summed E-state index contributed by atoms with van der Waals surface area (Å²) in [6.45, 7) is 6.75. The van der Waals surface area contributed by atoms with Gasteiger partial charge in [-0.25, -0.2) is 0 Å². The summed E-state index contributed by atoms with van der Waals surface area (Å²) in [5.74, 6) is -0.541. The maximum atomic E-state index is 13.5. The summed E-state index contributed by atoms with van der Waals surface area (Å²) in [6, 6.07) is -0.893. The Labute approximate surface area is 478 Å². The van der Waals surface area contributed by atoms with Crippen LogP contribution in [0.25, 0.3) is 0 Å². The van der Waals surface area contributed by atoms with Crippen molar-refractivity contribution in [3.8, 4) is 0 Å². The summed E-state index contributed by atoms with van der Waals surface area (Å²) < 4.78 is 30.4. The van der Waals surface area contributed by atoms with Gasteiger partial charge >= 0.3 is 5.97 Å². The largest absolute Gasteiger partial charge is 0.756 e. The normalized spacial score (nSPS) is 13.9. The van der Waals surface area contributed by atoms with Crippen LogP contribution in [-0.4, -0.2) is 69.4 Å². The molecule has 0 bridgehead atoms. The maximum absolute atomic E-state index is 13.5. The molecule has 0 heterocycles. The number of carbonyl (C=O) groups excluding carboxylic acids is 2. The fourth-order valence-corrected chi connectivity index (χ4v) is 10.5. The van der Waals surface area contributed by atoms with Crippen LogP contribution in [0, 0.1) is 0 Å². The molecule has 0 saturated heterocycles. The smallest absolute Gasteiger partial charge is 0.306 e. The molecule has 9 nitrogen and oxygen atoms in total. The Bertz CT molecular complexity index is 1460. The summed E-state index contributed by atoms with van der Waals surface area (Å²) in [5.41, 5.74) is 0. The number of ether oxygens (including phenoxy) is 1. The molecule has 0 spiro atoms. The zero-order valence-electron chi connectivity index (χ0n) is 51.7. The van der Waals surface area contributed by atoms with Crippen LogP contribution >= 0.6 is 7.82 Å². The lowest BCUT2D eigenvalue weighted by Crippen LogP contribution is -2.47. The monoisotopic (exact) mass is 1100 g/mol. The molecule has 3 unspecified atom stereocenters. The van der Waals surface area contributed by atoms with Crippen LogP contribution < -0.4 is 10.2 Å². The van der Waals surface area contributed by atoms with Crippen molar-refractivity contribution in [2.75, 3.05) is 40.9 Å². The van der Waals surface area contributed by atoms with Crippen LogP contribution in [0.15, 0.2) is 48.6 Å². The summed E-state index contributed by atoms with van der Waals surface area (Å²) in [6.07, 6.45) is 70.9. The summed E-state index contributed by atoms with van der Waals surface area (Å²) in [5, 5.41) is 3.03. The minimum absolute atomic E-state index is 0.0238. The number of rotatable bonds is 60. The summed E-state index contributed by atoms with van der Waals surface area (Å²) in [7, 11) is 1.18. The van der Waals surface area contributed by atoms with E-state index < -0.39 is 26.6 Å². The van der Waals surface area contributed by atoms with E-state index in [0.717, 1.165) is 77.0 Å². The van der Waals surface area contributed by atoms with Crippen LogP contribution in [0.3, 0.4) is 0 Å². The molecule has 0 aromatic heterocycles. The molecular weight excluding hydrogens is 976 g/mol. The second kappa shape index (κ2) is 57.2. The highest BCUT2D eigenvalue weighted by molar-refractivity contribution is 7.45. The van der Waals surface area contributed by atoms with Crippen LogP contribution in [0.2, 0.25) is 0 Å². The van der Waals surface area contributed by atoms with Crippen LogP contribution in [0.5, 0.6) is 0 Å². The predicted molar refractivity (Wildman–Crippen MR) is 330 cm³/mol. The van der Waals surface area contributed by atoms with Gasteiger partial charge in [0.25, 0.3) is 7.82 Å². The Balaban J connectivity index is 5.14. The van der Waals surface area contributed by atoms with Crippen molar-refractivity contribution >= 4 is 19.7 Å². The Kier molecular flexibility index (Phi) is 55.7. The van der Waals surface area contributed by atoms with Crippen molar-refractivity contribution < 1.29 is 37.3 Å². The first-order valence-electron chi connectivity index (χ1n) is 33.0. The molecular formula is C67H127N2O7P. The van der Waals surface area contributed by atoms with Gasteiger partial charge in [-0.3, -0.25) is 14.2 Å². The number of unbranched alkanes of at least 4 members (excludes halogenated alkanes) is 40. The lowest BCUT2D eigenvalue weighted by Gasteiger charge is -2.30. The number of phosphoric ester groups is 1. The number of likely N-dealkylation sites (N-methyl/N-ethyl adjacent to an activating group) is 1. The first-order valence-corrected chi connectivity index (χ1v) is 34.4. The lowest BCUT2D eigenvalue weighted by molar-refractivity contribution is -0.870. The van der Waals surface area contributed by atoms with Crippen molar-refractivity contribution in [1.29, 1.82) is 0 Å². The minimum atomic E-state index is -4.70. The Morgan fingerprint density at radius 3 is 1.23 bits per heavy atom. The zero-order valence-corrected chi connectivity index (χ0v) is 52.6. The zero-order chi connectivity index (χ0) is 56.4. The number of hydrogen-bond acceptors (Lipinski definition) is 7. The summed E-state index contributed by atoms with van der Waals surface area (Å²) >= 11 is 0. The number of nitrogens with one attached hydrogen (secondary N) is 1. The van der Waals surface area contributed by atoms with Gasteiger partial charge in [0.2, 0.25) is 5.91 Å². The average Bonchev–Trinajstić information content (AvgIpc) is 3.39. The molecule has 3 atom stereocenters. The predicted octanol–water partition coefficient (Wildman–Crippen LogP) is 19.8. The van der Waals surface area contributed by atoms with Gasteiger partial charge in [0.05, 0.1) is 33.8 Å². The molecule has 0 radical (unpaired) electrons. The molecule has 1 amide bonds. The third kappa shape index (κ3) is 58.4. The van der Waals surface area contributed by atoms with Crippen LogP contribution in [0.1, 0.15) is 316 Å². The van der Waals surface area contributed by atoms with E-state index in [1.165, 1.54) is 205 Å². The highest BCUT2D eigenvalue weighted by Crippen LogP contribution is 2.38. The quantitative estimate of drug-likeness (QED) is 0.0161. The molecule has 0 aliphatic heterocycles. The van der Waals surface area contributed by atoms with Crippen molar-refractivity contribution in [3.63, 3.8) is 0 Å². The SMILES string of the molecule is CC/C=C/C=C/C=C/CCCCCCCCCC(=O)NC(COP(=O)([O-])OCC[N+](C)(C)C)C(/C=C\CCCCCCCCCCCCC)OC(=O)CCCCCCCCCCCCCCCCCCCCCCCCC. The second-order valence-electron chi connectivity index (χ2n) is 23.7. The molecule has 1 N–H and O–H groups in total. The fraction of sp³-hybridized carbons (Fsp3) is 0.851. The van der Waals surface area contributed by atoms with E-state index in [-0.39, 0.29) is 24.9 Å². The van der Waals surface area contributed by atoms with E-state index in [1.54, 1.807) is 0 Å². The standard InChI is InChI=1S/C67H127N2O7P/c1-7-10-13-16-19-22-25-28-30-31-32-33-34-35-36-37-39-42-45-48-51-54-57-60-67(71)76-65(58-55-52-49-46-43-40-27-24-21-18-15-12-9-3)64(63-75-77(72,73)74-62-61-69(4,5)6)68-66(70)59-56-53-50-47-44-41-38-29-26-23-20-17-14-11-8-2/h11,14,17,20,23,26,55,58,64-65H,7-10,12-13,15-16,18-19,21-22,24-25,27-54,56-57,59-63H2,1-6H3,(H-,68,70,72,73)/b14-11+,20-17+,26-23+,58-55-. The third-order valence-corrected chi connectivity index (χ3v) is 15.8. The Morgan fingerprint density at radius 2 is 0.831 bits per heavy atom. The van der Waals surface area contributed by atoms with E-state index in [4.69, 9.17) is 13.8 Å². The van der Waals surface area contributed by atoms with Crippen LogP contribution in [0.4, 0.5) is 0 Å². The average molecular weight is 1100 g/mol.